The molecule has 0 N–H and O–H groups in total. The molecule has 0 spiro atoms. The zero-order valence-corrected chi connectivity index (χ0v) is 13.9. The predicted octanol–water partition coefficient (Wildman–Crippen LogP) is 6.36. The van der Waals surface area contributed by atoms with Gasteiger partial charge in [0.05, 0.1) is 11.4 Å². The second kappa shape index (κ2) is 6.89. The Labute approximate surface area is 150 Å². The van der Waals surface area contributed by atoms with E-state index in [1.165, 1.54) is 24.3 Å². The topological polar surface area (TPSA) is 12.9 Å². The number of hydrogen-bond donors (Lipinski definition) is 0. The Balaban J connectivity index is 1.89. The fourth-order valence-electron chi connectivity index (χ4n) is 2.86. The third-order valence-electron chi connectivity index (χ3n) is 4.21. The molecule has 0 aliphatic heterocycles. The maximum absolute atomic E-state index is 13.3. The highest BCUT2D eigenvalue weighted by Crippen LogP contribution is 2.30. The molecule has 3 aromatic carbocycles. The molecule has 0 saturated carbocycles. The number of nitrogens with zero attached hydrogens (tertiary/aromatic N) is 1. The van der Waals surface area contributed by atoms with E-state index in [0.29, 0.717) is 0 Å². The number of benzene rings is 3. The fourth-order valence-corrected chi connectivity index (χ4v) is 2.86. The lowest BCUT2D eigenvalue weighted by atomic mass is 10.00. The summed E-state index contributed by atoms with van der Waals surface area (Å²) in [4.78, 5) is 4.71. The van der Waals surface area contributed by atoms with E-state index in [1.54, 1.807) is 24.3 Å². The van der Waals surface area contributed by atoms with Gasteiger partial charge in [0.1, 0.15) is 11.6 Å². The highest BCUT2D eigenvalue weighted by atomic mass is 19.1. The molecule has 0 aliphatic carbocycles. The van der Waals surface area contributed by atoms with Gasteiger partial charge in [-0.05, 0) is 71.8 Å². The average Bonchev–Trinajstić information content (AvgIpc) is 2.69. The van der Waals surface area contributed by atoms with Gasteiger partial charge in [-0.25, -0.2) is 13.8 Å². The molecule has 1 heterocycles. The zero-order valence-electron chi connectivity index (χ0n) is 13.9. The minimum atomic E-state index is -0.285. The molecule has 3 heteroatoms. The van der Waals surface area contributed by atoms with Crippen molar-refractivity contribution in [1.82, 2.24) is 4.98 Å². The molecule has 0 radical (unpaired) electrons. The number of halogens is 2. The molecule has 4 rings (SSSR count). The second-order valence-electron chi connectivity index (χ2n) is 6.01. The lowest BCUT2D eigenvalue weighted by Crippen LogP contribution is -1.91. The van der Waals surface area contributed by atoms with Gasteiger partial charge in [0.25, 0.3) is 0 Å². The first-order valence-corrected chi connectivity index (χ1v) is 8.28. The first-order chi connectivity index (χ1) is 12.7. The van der Waals surface area contributed by atoms with E-state index in [0.717, 1.165) is 33.6 Å². The van der Waals surface area contributed by atoms with E-state index in [2.05, 4.69) is 0 Å². The van der Waals surface area contributed by atoms with E-state index in [1.807, 2.05) is 42.5 Å². The summed E-state index contributed by atoms with van der Waals surface area (Å²) in [5.41, 5.74) is 5.19. The molecule has 0 fully saturated rings. The van der Waals surface area contributed by atoms with Crippen molar-refractivity contribution in [2.75, 3.05) is 0 Å². The van der Waals surface area contributed by atoms with Crippen LogP contribution in [0.4, 0.5) is 8.78 Å². The lowest BCUT2D eigenvalue weighted by molar-refractivity contribution is 0.627. The van der Waals surface area contributed by atoms with E-state index in [-0.39, 0.29) is 11.6 Å². The van der Waals surface area contributed by atoms with E-state index in [4.69, 9.17) is 4.98 Å². The molecule has 126 valence electrons. The Morgan fingerprint density at radius 3 is 1.38 bits per heavy atom. The van der Waals surface area contributed by atoms with Crippen LogP contribution in [0.2, 0.25) is 0 Å². The third-order valence-corrected chi connectivity index (χ3v) is 4.21. The van der Waals surface area contributed by atoms with E-state index >= 15 is 0 Å². The van der Waals surface area contributed by atoms with Crippen LogP contribution >= 0.6 is 0 Å². The molecule has 0 saturated heterocycles. The zero-order chi connectivity index (χ0) is 17.9. The Morgan fingerprint density at radius 2 is 0.923 bits per heavy atom. The summed E-state index contributed by atoms with van der Waals surface area (Å²) < 4.78 is 26.5. The van der Waals surface area contributed by atoms with Gasteiger partial charge in [-0.2, -0.15) is 0 Å². The van der Waals surface area contributed by atoms with Crippen LogP contribution in [-0.4, -0.2) is 4.98 Å². The highest BCUT2D eigenvalue weighted by Gasteiger charge is 2.09. The maximum Gasteiger partial charge on any atom is 0.123 e. The van der Waals surface area contributed by atoms with Crippen LogP contribution in [0.3, 0.4) is 0 Å². The average molecular weight is 343 g/mol. The Hall–Kier alpha value is -3.33. The summed E-state index contributed by atoms with van der Waals surface area (Å²) in [6.45, 7) is 0. The number of pyridine rings is 1. The standard InChI is InChI=1S/C23H15F2N/c24-20-10-6-17(7-11-20)22-14-19(16-4-2-1-3-5-16)15-23(26-22)18-8-12-21(25)13-9-18/h1-15H. The van der Waals surface area contributed by atoms with Gasteiger partial charge in [0.2, 0.25) is 0 Å². The van der Waals surface area contributed by atoms with E-state index in [9.17, 15) is 8.78 Å². The van der Waals surface area contributed by atoms with Crippen molar-refractivity contribution < 1.29 is 8.78 Å². The number of aromatic nitrogens is 1. The Kier molecular flexibility index (Phi) is 4.28. The molecule has 0 bridgehead atoms. The fraction of sp³-hybridized carbons (Fsp3) is 0. The van der Waals surface area contributed by atoms with Crippen LogP contribution in [0.15, 0.2) is 91.0 Å². The van der Waals surface area contributed by atoms with Gasteiger partial charge in [-0.15, -0.1) is 0 Å². The summed E-state index contributed by atoms with van der Waals surface area (Å²) in [5.74, 6) is -0.571. The van der Waals surface area contributed by atoms with Crippen molar-refractivity contribution in [3.05, 3.63) is 103 Å². The minimum absolute atomic E-state index is 0.285. The second-order valence-corrected chi connectivity index (χ2v) is 6.01. The van der Waals surface area contributed by atoms with Crippen molar-refractivity contribution in [3.63, 3.8) is 0 Å². The molecule has 1 aromatic heterocycles. The summed E-state index contributed by atoms with van der Waals surface area (Å²) >= 11 is 0. The summed E-state index contributed by atoms with van der Waals surface area (Å²) in [6, 6.07) is 26.5. The first-order valence-electron chi connectivity index (χ1n) is 8.28. The summed E-state index contributed by atoms with van der Waals surface area (Å²) in [6.07, 6.45) is 0. The lowest BCUT2D eigenvalue weighted by Gasteiger charge is -2.10. The quantitative estimate of drug-likeness (QED) is 0.422. The normalized spacial score (nSPS) is 10.7. The maximum atomic E-state index is 13.3. The van der Waals surface area contributed by atoms with E-state index < -0.39 is 0 Å². The Morgan fingerprint density at radius 1 is 0.462 bits per heavy atom. The number of hydrogen-bond acceptors (Lipinski definition) is 1. The van der Waals surface area contributed by atoms with Crippen LogP contribution in [0.25, 0.3) is 33.6 Å². The third kappa shape index (κ3) is 3.38. The van der Waals surface area contributed by atoms with Crippen LogP contribution in [-0.2, 0) is 0 Å². The monoisotopic (exact) mass is 343 g/mol. The van der Waals surface area contributed by atoms with Crippen LogP contribution in [0, 0.1) is 11.6 Å². The molecular weight excluding hydrogens is 328 g/mol. The van der Waals surface area contributed by atoms with Crippen molar-refractivity contribution >= 4 is 0 Å². The predicted molar refractivity (Wildman–Crippen MR) is 100 cm³/mol. The van der Waals surface area contributed by atoms with Crippen molar-refractivity contribution in [2.45, 2.75) is 0 Å². The molecule has 1 nitrogen and oxygen atoms in total. The van der Waals surface area contributed by atoms with Crippen LogP contribution in [0.1, 0.15) is 0 Å². The van der Waals surface area contributed by atoms with Crippen molar-refractivity contribution in [2.24, 2.45) is 0 Å². The van der Waals surface area contributed by atoms with Gasteiger partial charge >= 0.3 is 0 Å². The molecule has 4 aromatic rings. The number of rotatable bonds is 3. The van der Waals surface area contributed by atoms with Gasteiger partial charge < -0.3 is 0 Å². The first kappa shape index (κ1) is 16.2. The molecule has 0 amide bonds. The van der Waals surface area contributed by atoms with Gasteiger partial charge in [0.15, 0.2) is 0 Å². The van der Waals surface area contributed by atoms with Gasteiger partial charge in [-0.3, -0.25) is 0 Å². The smallest absolute Gasteiger partial charge is 0.123 e. The summed E-state index contributed by atoms with van der Waals surface area (Å²) in [5, 5.41) is 0. The van der Waals surface area contributed by atoms with Crippen molar-refractivity contribution in [3.8, 4) is 33.6 Å². The van der Waals surface area contributed by atoms with Gasteiger partial charge in [0, 0.05) is 11.1 Å². The Bertz CT molecular complexity index is 960. The van der Waals surface area contributed by atoms with Gasteiger partial charge in [-0.1, -0.05) is 30.3 Å². The SMILES string of the molecule is Fc1ccc(-c2cc(-c3ccccc3)cc(-c3ccc(F)cc3)n2)cc1. The minimum Gasteiger partial charge on any atom is -0.248 e. The highest BCUT2D eigenvalue weighted by molar-refractivity contribution is 5.76. The summed E-state index contributed by atoms with van der Waals surface area (Å²) in [7, 11) is 0. The largest absolute Gasteiger partial charge is 0.248 e. The van der Waals surface area contributed by atoms with Crippen LogP contribution in [0.5, 0.6) is 0 Å². The molecule has 0 unspecified atom stereocenters. The van der Waals surface area contributed by atoms with Crippen molar-refractivity contribution in [1.29, 1.82) is 0 Å². The molecule has 26 heavy (non-hydrogen) atoms. The molecule has 0 atom stereocenters. The molecular formula is C23H15F2N. The molecule has 0 aliphatic rings. The van der Waals surface area contributed by atoms with Crippen LogP contribution < -0.4 is 0 Å².